The van der Waals surface area contributed by atoms with E-state index in [0.29, 0.717) is 38.2 Å². The van der Waals surface area contributed by atoms with Gasteiger partial charge in [-0.05, 0) is 58.8 Å². The predicted octanol–water partition coefficient (Wildman–Crippen LogP) is 6.73. The van der Waals surface area contributed by atoms with E-state index < -0.39 is 16.1 Å². The molecule has 36 heavy (non-hydrogen) atoms. The van der Waals surface area contributed by atoms with Gasteiger partial charge >= 0.3 is 0 Å². The van der Waals surface area contributed by atoms with Crippen LogP contribution in [0.25, 0.3) is 6.08 Å². The van der Waals surface area contributed by atoms with Gasteiger partial charge in [0, 0.05) is 22.2 Å². The Hall–Kier alpha value is -3.53. The van der Waals surface area contributed by atoms with Crippen LogP contribution in [0, 0.1) is 10.1 Å². The van der Waals surface area contributed by atoms with Gasteiger partial charge in [-0.2, -0.15) is 0 Å². The zero-order valence-electron chi connectivity index (χ0n) is 18.8. The van der Waals surface area contributed by atoms with Crippen molar-refractivity contribution in [3.63, 3.8) is 0 Å². The first kappa shape index (κ1) is 25.6. The molecule has 1 aliphatic rings. The molecule has 1 aliphatic heterocycles. The summed E-state index contributed by atoms with van der Waals surface area (Å²) < 4.78 is 11.2. The fourth-order valence-corrected chi connectivity index (χ4v) is 4.73. The van der Waals surface area contributed by atoms with Crippen molar-refractivity contribution in [1.82, 2.24) is 4.90 Å². The minimum absolute atomic E-state index is 0.0225. The van der Waals surface area contributed by atoms with Gasteiger partial charge in [-0.3, -0.25) is 24.6 Å². The number of methoxy groups -OCH3 is 1. The molecule has 0 aromatic heterocycles. The molecule has 2 amide bonds. The highest BCUT2D eigenvalue weighted by molar-refractivity contribution is 8.18. The first-order valence-electron chi connectivity index (χ1n) is 10.5. The summed E-state index contributed by atoms with van der Waals surface area (Å²) in [6.07, 6.45) is 1.60. The lowest BCUT2D eigenvalue weighted by atomic mass is 10.1. The summed E-state index contributed by atoms with van der Waals surface area (Å²) in [4.78, 5) is 37.3. The third-order valence-electron chi connectivity index (χ3n) is 5.22. The summed E-state index contributed by atoms with van der Waals surface area (Å²) in [5.41, 5.74) is 1.84. The highest BCUT2D eigenvalue weighted by Crippen LogP contribution is 2.36. The van der Waals surface area contributed by atoms with E-state index in [1.54, 1.807) is 54.6 Å². The number of nitro groups is 1. The summed E-state index contributed by atoms with van der Waals surface area (Å²) >= 11 is 12.9. The van der Waals surface area contributed by atoms with Gasteiger partial charge in [-0.15, -0.1) is 0 Å². The van der Waals surface area contributed by atoms with Gasteiger partial charge in [0.25, 0.3) is 16.8 Å². The van der Waals surface area contributed by atoms with E-state index in [1.807, 2.05) is 0 Å². The van der Waals surface area contributed by atoms with Crippen molar-refractivity contribution < 1.29 is 24.0 Å². The average molecular weight is 545 g/mol. The summed E-state index contributed by atoms with van der Waals surface area (Å²) in [6, 6.07) is 16.1. The first-order chi connectivity index (χ1) is 17.2. The van der Waals surface area contributed by atoms with Gasteiger partial charge in [-0.25, -0.2) is 0 Å². The Bertz CT molecular complexity index is 1390. The number of carbonyl (C=O) groups excluding carboxylic acids is 2. The van der Waals surface area contributed by atoms with Gasteiger partial charge in [0.05, 0.1) is 23.5 Å². The third-order valence-corrected chi connectivity index (χ3v) is 6.71. The van der Waals surface area contributed by atoms with E-state index in [0.717, 1.165) is 16.7 Å². The third kappa shape index (κ3) is 5.81. The van der Waals surface area contributed by atoms with Crippen molar-refractivity contribution in [2.24, 2.45) is 0 Å². The first-order valence-corrected chi connectivity index (χ1v) is 12.1. The van der Waals surface area contributed by atoms with Crippen LogP contribution in [-0.2, 0) is 17.9 Å². The second kappa shape index (κ2) is 11.0. The summed E-state index contributed by atoms with van der Waals surface area (Å²) in [5, 5.41) is 11.4. The molecule has 184 valence electrons. The quantitative estimate of drug-likeness (QED) is 0.176. The molecule has 1 saturated heterocycles. The standard InChI is InChI=1S/C25H18Cl2N2O6S/c1-34-22-10-15(5-8-21(22)35-14-16-3-2-4-19(9-16)29(32)33)11-23-24(30)28(25(31)36-23)13-17-6-7-18(26)12-20(17)27/h2-12H,13-14H2,1H3/b23-11+. The van der Waals surface area contributed by atoms with Crippen LogP contribution in [0.4, 0.5) is 10.5 Å². The maximum Gasteiger partial charge on any atom is 0.293 e. The second-order valence-corrected chi connectivity index (χ2v) is 9.47. The molecule has 0 aliphatic carbocycles. The maximum atomic E-state index is 12.9. The number of hydrogen-bond donors (Lipinski definition) is 0. The smallest absolute Gasteiger partial charge is 0.293 e. The average Bonchev–Trinajstić information content (AvgIpc) is 3.12. The molecule has 0 bridgehead atoms. The molecule has 8 nitrogen and oxygen atoms in total. The van der Waals surface area contributed by atoms with Crippen molar-refractivity contribution >= 4 is 57.9 Å². The molecule has 0 N–H and O–H groups in total. The number of nitro benzene ring substituents is 1. The van der Waals surface area contributed by atoms with Crippen LogP contribution in [-0.4, -0.2) is 28.1 Å². The van der Waals surface area contributed by atoms with Crippen molar-refractivity contribution in [2.75, 3.05) is 7.11 Å². The lowest BCUT2D eigenvalue weighted by Crippen LogP contribution is -2.27. The number of carbonyl (C=O) groups is 2. The van der Waals surface area contributed by atoms with Gasteiger partial charge in [0.2, 0.25) is 0 Å². The van der Waals surface area contributed by atoms with Crippen molar-refractivity contribution in [3.8, 4) is 11.5 Å². The summed E-state index contributed by atoms with van der Waals surface area (Å²) in [7, 11) is 1.48. The molecular weight excluding hydrogens is 527 g/mol. The molecule has 3 aromatic carbocycles. The second-order valence-electron chi connectivity index (χ2n) is 7.63. The Morgan fingerprint density at radius 2 is 1.86 bits per heavy atom. The van der Waals surface area contributed by atoms with Gasteiger partial charge < -0.3 is 9.47 Å². The Labute approximate surface area is 220 Å². The summed E-state index contributed by atoms with van der Waals surface area (Å²) in [6.45, 7) is 0.134. The van der Waals surface area contributed by atoms with Crippen molar-refractivity contribution in [2.45, 2.75) is 13.2 Å². The topological polar surface area (TPSA) is 99.0 Å². The van der Waals surface area contributed by atoms with Crippen LogP contribution in [0.15, 0.2) is 65.6 Å². The van der Waals surface area contributed by atoms with Gasteiger partial charge in [0.1, 0.15) is 6.61 Å². The van der Waals surface area contributed by atoms with E-state index >= 15 is 0 Å². The highest BCUT2D eigenvalue weighted by Gasteiger charge is 2.35. The number of thioether (sulfide) groups is 1. The van der Waals surface area contributed by atoms with Crippen LogP contribution in [0.3, 0.4) is 0 Å². The van der Waals surface area contributed by atoms with E-state index in [-0.39, 0.29) is 23.7 Å². The van der Waals surface area contributed by atoms with Crippen molar-refractivity contribution in [1.29, 1.82) is 0 Å². The number of benzene rings is 3. The van der Waals surface area contributed by atoms with E-state index in [4.69, 9.17) is 32.7 Å². The molecule has 0 unspecified atom stereocenters. The minimum atomic E-state index is -0.468. The number of amides is 2. The SMILES string of the molecule is COc1cc(/C=C2/SC(=O)N(Cc3ccc(Cl)cc3Cl)C2=O)ccc1OCc1cccc([N+](=O)[O-])c1. The number of imide groups is 1. The van der Waals surface area contributed by atoms with E-state index in [9.17, 15) is 19.7 Å². The fraction of sp³-hybridized carbons (Fsp3) is 0.120. The Morgan fingerprint density at radius 1 is 1.06 bits per heavy atom. The summed E-state index contributed by atoms with van der Waals surface area (Å²) in [5.74, 6) is 0.397. The van der Waals surface area contributed by atoms with Crippen LogP contribution in [0.1, 0.15) is 16.7 Å². The molecule has 0 radical (unpaired) electrons. The number of rotatable bonds is 8. The lowest BCUT2D eigenvalue weighted by molar-refractivity contribution is -0.384. The zero-order valence-corrected chi connectivity index (χ0v) is 21.1. The molecular formula is C25H18Cl2N2O6S. The molecule has 11 heteroatoms. The number of nitrogens with zero attached hydrogens (tertiary/aromatic N) is 2. The molecule has 1 fully saturated rings. The molecule has 0 spiro atoms. The number of ether oxygens (including phenoxy) is 2. The highest BCUT2D eigenvalue weighted by atomic mass is 35.5. The number of halogens is 2. The molecule has 0 saturated carbocycles. The molecule has 3 aromatic rings. The van der Waals surface area contributed by atoms with Gasteiger partial charge in [0.15, 0.2) is 11.5 Å². The molecule has 4 rings (SSSR count). The van der Waals surface area contributed by atoms with E-state index in [1.165, 1.54) is 19.2 Å². The van der Waals surface area contributed by atoms with Crippen molar-refractivity contribution in [3.05, 3.63) is 102 Å². The Balaban J connectivity index is 1.48. The van der Waals surface area contributed by atoms with Gasteiger partial charge in [-0.1, -0.05) is 47.5 Å². The number of hydrogen-bond acceptors (Lipinski definition) is 7. The van der Waals surface area contributed by atoms with Crippen LogP contribution < -0.4 is 9.47 Å². The Morgan fingerprint density at radius 3 is 2.58 bits per heavy atom. The largest absolute Gasteiger partial charge is 0.493 e. The van der Waals surface area contributed by atoms with Crippen LogP contribution in [0.5, 0.6) is 11.5 Å². The van der Waals surface area contributed by atoms with E-state index in [2.05, 4.69) is 0 Å². The normalized spacial score (nSPS) is 14.4. The number of non-ortho nitro benzene ring substituents is 1. The monoisotopic (exact) mass is 544 g/mol. The molecule has 0 atom stereocenters. The Kier molecular flexibility index (Phi) is 7.83. The zero-order chi connectivity index (χ0) is 25.8. The maximum absolute atomic E-state index is 12.9. The fourth-order valence-electron chi connectivity index (χ4n) is 3.42. The lowest BCUT2D eigenvalue weighted by Gasteiger charge is -2.13. The molecule has 1 heterocycles. The minimum Gasteiger partial charge on any atom is -0.493 e. The van der Waals surface area contributed by atoms with Crippen LogP contribution >= 0.6 is 35.0 Å². The predicted molar refractivity (Wildman–Crippen MR) is 138 cm³/mol. The van der Waals surface area contributed by atoms with Crippen LogP contribution in [0.2, 0.25) is 10.0 Å².